The van der Waals surface area contributed by atoms with Crippen molar-refractivity contribution in [1.29, 1.82) is 0 Å². The third kappa shape index (κ3) is 4.88. The van der Waals surface area contributed by atoms with Gasteiger partial charge in [0.15, 0.2) is 5.76 Å². The summed E-state index contributed by atoms with van der Waals surface area (Å²) in [5.74, 6) is 1.75. The van der Waals surface area contributed by atoms with Gasteiger partial charge < -0.3 is 18.7 Å². The first-order valence-electron chi connectivity index (χ1n) is 10.1. The summed E-state index contributed by atoms with van der Waals surface area (Å²) in [4.78, 5) is 17.9. The Hall–Kier alpha value is -3.74. The molecule has 7 nitrogen and oxygen atoms in total. The number of rotatable bonds is 8. The van der Waals surface area contributed by atoms with E-state index in [1.54, 1.807) is 0 Å². The average Bonchev–Trinajstić information content (AvgIpc) is 3.32. The molecule has 2 aromatic heterocycles. The number of nitrogens with one attached hydrogen (secondary N) is 1. The molecule has 2 N–H and O–H groups in total. The largest absolute Gasteiger partial charge is 0.492 e. The van der Waals surface area contributed by atoms with Gasteiger partial charge in [-0.25, -0.2) is 9.78 Å². The number of hydrogen-bond donors (Lipinski definition) is 2. The zero-order valence-corrected chi connectivity index (χ0v) is 17.4. The molecule has 31 heavy (non-hydrogen) atoms. The van der Waals surface area contributed by atoms with Crippen molar-refractivity contribution in [1.82, 2.24) is 9.97 Å². The fourth-order valence-corrected chi connectivity index (χ4v) is 3.35. The number of benzene rings is 2. The molecule has 0 aliphatic rings. The van der Waals surface area contributed by atoms with Crippen LogP contribution in [0.4, 0.5) is 0 Å². The van der Waals surface area contributed by atoms with Crippen LogP contribution in [0.5, 0.6) is 11.6 Å². The van der Waals surface area contributed by atoms with Gasteiger partial charge >= 0.3 is 5.76 Å². The molecule has 0 saturated heterocycles. The van der Waals surface area contributed by atoms with Gasteiger partial charge in [-0.15, -0.1) is 0 Å². The number of nitrogens with zero attached hydrogens (tertiary/aromatic N) is 1. The highest BCUT2D eigenvalue weighted by molar-refractivity contribution is 5.53. The minimum absolute atomic E-state index is 0.195. The third-order valence-corrected chi connectivity index (χ3v) is 5.24. The van der Waals surface area contributed by atoms with E-state index in [0.29, 0.717) is 18.9 Å². The van der Waals surface area contributed by atoms with Gasteiger partial charge in [-0.3, -0.25) is 4.98 Å². The molecule has 0 saturated carbocycles. The van der Waals surface area contributed by atoms with Crippen LogP contribution in [0.15, 0.2) is 68.2 Å². The highest BCUT2D eigenvalue weighted by Crippen LogP contribution is 2.26. The molecule has 0 amide bonds. The van der Waals surface area contributed by atoms with Crippen LogP contribution in [0.25, 0.3) is 11.5 Å². The molecule has 4 rings (SSSR count). The van der Waals surface area contributed by atoms with E-state index in [-0.39, 0.29) is 17.6 Å². The van der Waals surface area contributed by atoms with Crippen LogP contribution < -0.4 is 10.5 Å². The van der Waals surface area contributed by atoms with E-state index in [2.05, 4.69) is 16.9 Å². The highest BCUT2D eigenvalue weighted by atomic mass is 16.5. The smallest absolute Gasteiger partial charge is 0.419 e. The fourth-order valence-electron chi connectivity index (χ4n) is 3.35. The predicted octanol–water partition coefficient (Wildman–Crippen LogP) is 4.95. The number of oxazole rings is 2. The second-order valence-electron chi connectivity index (χ2n) is 7.47. The van der Waals surface area contributed by atoms with Gasteiger partial charge in [0.2, 0.25) is 11.8 Å². The molecule has 1 unspecified atom stereocenters. The summed E-state index contributed by atoms with van der Waals surface area (Å²) in [5.41, 5.74) is 2.83. The number of ether oxygens (including phenoxy) is 1. The van der Waals surface area contributed by atoms with Crippen molar-refractivity contribution in [3.05, 3.63) is 87.9 Å². The summed E-state index contributed by atoms with van der Waals surface area (Å²) in [6, 6.07) is 17.6. The molecule has 0 spiro atoms. The van der Waals surface area contributed by atoms with Crippen LogP contribution in [0.3, 0.4) is 0 Å². The van der Waals surface area contributed by atoms with Gasteiger partial charge in [-0.05, 0) is 49.1 Å². The number of H-pyrrole nitrogens is 1. The Morgan fingerprint density at radius 1 is 1.10 bits per heavy atom. The van der Waals surface area contributed by atoms with Crippen LogP contribution >= 0.6 is 0 Å². The third-order valence-electron chi connectivity index (χ3n) is 5.24. The van der Waals surface area contributed by atoms with Gasteiger partial charge in [-0.2, -0.15) is 0 Å². The molecule has 4 aromatic rings. The molecule has 160 valence electrons. The van der Waals surface area contributed by atoms with Gasteiger partial charge in [0.05, 0.1) is 0 Å². The molecule has 1 atom stereocenters. The molecule has 0 fully saturated rings. The van der Waals surface area contributed by atoms with Crippen molar-refractivity contribution in [3.8, 4) is 23.1 Å². The molecule has 0 aliphatic heterocycles. The maximum absolute atomic E-state index is 11.1. The standard InChI is InChI=1S/C24H24N2O5/c1-15(8-13-21-22(27)26-24(28)31-21)17-9-11-19(12-10-17)29-14-20-16(2)30-23(25-20)18-6-4-3-5-7-18/h3-7,9-12,15,27H,8,13-14H2,1-2H3,(H,26,28). The second kappa shape index (κ2) is 8.95. The Kier molecular flexibility index (Phi) is 5.93. The Bertz CT molecular complexity index is 1190. The van der Waals surface area contributed by atoms with Crippen molar-refractivity contribution in [3.63, 3.8) is 0 Å². The van der Waals surface area contributed by atoms with Gasteiger partial charge in [0.1, 0.15) is 23.8 Å². The molecule has 7 heteroatoms. The first kappa shape index (κ1) is 20.5. The fraction of sp³-hybridized carbons (Fsp3) is 0.250. The Morgan fingerprint density at radius 3 is 2.52 bits per heavy atom. The summed E-state index contributed by atoms with van der Waals surface area (Å²) in [5, 5.41) is 9.61. The molecule has 2 aromatic carbocycles. The van der Waals surface area contributed by atoms with E-state index in [0.717, 1.165) is 34.8 Å². The number of aromatic hydroxyl groups is 1. The predicted molar refractivity (Wildman–Crippen MR) is 115 cm³/mol. The van der Waals surface area contributed by atoms with Crippen molar-refractivity contribution in [2.75, 3.05) is 0 Å². The number of aromatic amines is 1. The van der Waals surface area contributed by atoms with Crippen LogP contribution in [-0.2, 0) is 13.0 Å². The Labute approximate surface area is 179 Å². The average molecular weight is 420 g/mol. The zero-order valence-electron chi connectivity index (χ0n) is 17.4. The lowest BCUT2D eigenvalue weighted by Crippen LogP contribution is -1.99. The SMILES string of the molecule is Cc1oc(-c2ccccc2)nc1COc1ccc(C(C)CCc2oc(=O)[nH]c2O)cc1. The van der Waals surface area contributed by atoms with Crippen molar-refractivity contribution < 1.29 is 18.7 Å². The second-order valence-corrected chi connectivity index (χ2v) is 7.47. The maximum Gasteiger partial charge on any atom is 0.419 e. The maximum atomic E-state index is 11.1. The van der Waals surface area contributed by atoms with Crippen LogP contribution in [0.1, 0.15) is 42.0 Å². The van der Waals surface area contributed by atoms with E-state index in [1.807, 2.05) is 61.5 Å². The van der Waals surface area contributed by atoms with Crippen LogP contribution in [0, 0.1) is 6.92 Å². The summed E-state index contributed by atoms with van der Waals surface area (Å²) in [7, 11) is 0. The van der Waals surface area contributed by atoms with E-state index in [4.69, 9.17) is 13.6 Å². The molecular weight excluding hydrogens is 396 g/mol. The lowest BCUT2D eigenvalue weighted by atomic mass is 9.95. The quantitative estimate of drug-likeness (QED) is 0.418. The topological polar surface area (TPSA) is 101 Å². The van der Waals surface area contributed by atoms with E-state index < -0.39 is 5.76 Å². The van der Waals surface area contributed by atoms with Crippen molar-refractivity contribution in [2.45, 2.75) is 39.2 Å². The summed E-state index contributed by atoms with van der Waals surface area (Å²) >= 11 is 0. The molecule has 0 radical (unpaired) electrons. The Balaban J connectivity index is 1.34. The molecule has 0 bridgehead atoms. The minimum Gasteiger partial charge on any atom is -0.492 e. The number of aryl methyl sites for hydroxylation is 2. The molecular formula is C24H24N2O5. The molecule has 0 aliphatic carbocycles. The van der Waals surface area contributed by atoms with Crippen molar-refractivity contribution >= 4 is 0 Å². The normalized spacial score (nSPS) is 12.1. The van der Waals surface area contributed by atoms with Gasteiger partial charge in [-0.1, -0.05) is 37.3 Å². The minimum atomic E-state index is -0.639. The summed E-state index contributed by atoms with van der Waals surface area (Å²) in [6.07, 6.45) is 1.20. The van der Waals surface area contributed by atoms with E-state index in [9.17, 15) is 9.90 Å². The number of aromatic nitrogens is 2. The van der Waals surface area contributed by atoms with Crippen LogP contribution in [-0.4, -0.2) is 15.1 Å². The molecule has 2 heterocycles. The first-order valence-corrected chi connectivity index (χ1v) is 10.1. The zero-order chi connectivity index (χ0) is 21.8. The first-order chi connectivity index (χ1) is 15.0. The highest BCUT2D eigenvalue weighted by Gasteiger charge is 2.14. The lowest BCUT2D eigenvalue weighted by molar-refractivity contribution is 0.299. The van der Waals surface area contributed by atoms with Crippen LogP contribution in [0.2, 0.25) is 0 Å². The summed E-state index contributed by atoms with van der Waals surface area (Å²) < 4.78 is 16.6. The monoisotopic (exact) mass is 420 g/mol. The summed E-state index contributed by atoms with van der Waals surface area (Å²) in [6.45, 7) is 4.29. The number of hydrogen-bond acceptors (Lipinski definition) is 6. The van der Waals surface area contributed by atoms with E-state index >= 15 is 0 Å². The van der Waals surface area contributed by atoms with E-state index in [1.165, 1.54) is 0 Å². The Morgan fingerprint density at radius 2 is 1.84 bits per heavy atom. The van der Waals surface area contributed by atoms with Gasteiger partial charge in [0, 0.05) is 12.0 Å². The van der Waals surface area contributed by atoms with Crippen molar-refractivity contribution in [2.24, 2.45) is 0 Å². The lowest BCUT2D eigenvalue weighted by Gasteiger charge is -2.12. The van der Waals surface area contributed by atoms with Gasteiger partial charge in [0.25, 0.3) is 0 Å².